The molecule has 4 rings (SSSR count). The Morgan fingerprint density at radius 3 is 2.35 bits per heavy atom. The van der Waals surface area contributed by atoms with E-state index in [2.05, 4.69) is 5.32 Å². The Morgan fingerprint density at radius 2 is 1.74 bits per heavy atom. The Labute approximate surface area is 199 Å². The monoisotopic (exact) mass is 480 g/mol. The summed E-state index contributed by atoms with van der Waals surface area (Å²) in [6, 6.07) is 16.9. The summed E-state index contributed by atoms with van der Waals surface area (Å²) < 4.78 is 26.4. The van der Waals surface area contributed by atoms with Crippen molar-refractivity contribution in [2.24, 2.45) is 0 Å². The zero-order valence-corrected chi connectivity index (χ0v) is 20.2. The van der Waals surface area contributed by atoms with Crippen molar-refractivity contribution in [1.29, 1.82) is 0 Å². The fraction of sp³-hybridized carbons (Fsp3) is 0.269. The first-order chi connectivity index (χ1) is 16.1. The highest BCUT2D eigenvalue weighted by Gasteiger charge is 2.51. The number of sulfonamides is 1. The molecule has 0 atom stereocenters. The van der Waals surface area contributed by atoms with Crippen LogP contribution < -0.4 is 5.32 Å². The number of phenols is 2. The standard InChI is InChI=1S/C26H28N2O5S/c1-4-17-8-10-20(16-22(17)18-6-5-7-21(14-18)34(32,33)28(2)3)27-25(31)26(12-13-26)19-9-11-23(29)24(30)15-19/h5-11,14-16,29-30H,4,12-13H2,1-3H3,(H,27,31). The maximum Gasteiger partial charge on any atom is 0.242 e. The lowest BCUT2D eigenvalue weighted by Gasteiger charge is -2.18. The summed E-state index contributed by atoms with van der Waals surface area (Å²) in [5.74, 6) is -0.659. The highest BCUT2D eigenvalue weighted by Crippen LogP contribution is 2.50. The van der Waals surface area contributed by atoms with Gasteiger partial charge in [-0.25, -0.2) is 12.7 Å². The van der Waals surface area contributed by atoms with Crippen LogP contribution in [0.25, 0.3) is 11.1 Å². The van der Waals surface area contributed by atoms with Gasteiger partial charge >= 0.3 is 0 Å². The van der Waals surface area contributed by atoms with Crippen molar-refractivity contribution in [2.75, 3.05) is 19.4 Å². The maximum absolute atomic E-state index is 13.2. The van der Waals surface area contributed by atoms with Crippen LogP contribution in [0.5, 0.6) is 11.5 Å². The van der Waals surface area contributed by atoms with Crippen LogP contribution in [0.15, 0.2) is 65.6 Å². The van der Waals surface area contributed by atoms with Crippen LogP contribution in [0.1, 0.15) is 30.9 Å². The van der Waals surface area contributed by atoms with E-state index < -0.39 is 15.4 Å². The van der Waals surface area contributed by atoms with Gasteiger partial charge in [-0.2, -0.15) is 0 Å². The topological polar surface area (TPSA) is 107 Å². The fourth-order valence-corrected chi connectivity index (χ4v) is 5.06. The van der Waals surface area contributed by atoms with Crippen molar-refractivity contribution in [3.8, 4) is 22.6 Å². The van der Waals surface area contributed by atoms with Crippen LogP contribution in [0.3, 0.4) is 0 Å². The number of phenolic OH excluding ortho intramolecular Hbond substituents is 2. The molecule has 0 aromatic heterocycles. The molecule has 1 aliphatic rings. The third kappa shape index (κ3) is 4.26. The third-order valence-corrected chi connectivity index (χ3v) is 8.20. The summed E-state index contributed by atoms with van der Waals surface area (Å²) in [5.41, 5.74) is 3.15. The van der Waals surface area contributed by atoms with E-state index in [1.54, 1.807) is 24.3 Å². The number of carbonyl (C=O) groups is 1. The number of amides is 1. The van der Waals surface area contributed by atoms with E-state index in [1.807, 2.05) is 31.2 Å². The van der Waals surface area contributed by atoms with Crippen molar-refractivity contribution in [1.82, 2.24) is 4.31 Å². The van der Waals surface area contributed by atoms with Gasteiger partial charge in [0.05, 0.1) is 10.3 Å². The van der Waals surface area contributed by atoms with E-state index in [0.29, 0.717) is 24.1 Å². The fourth-order valence-electron chi connectivity index (χ4n) is 4.11. The number of hydrogen-bond donors (Lipinski definition) is 3. The second-order valence-electron chi connectivity index (χ2n) is 8.78. The van der Waals surface area contributed by atoms with Gasteiger partial charge in [-0.1, -0.05) is 31.2 Å². The van der Waals surface area contributed by atoms with Crippen LogP contribution in [0, 0.1) is 0 Å². The number of rotatable bonds is 7. The molecule has 0 unspecified atom stereocenters. The Hall–Kier alpha value is -3.36. The van der Waals surface area contributed by atoms with Gasteiger partial charge in [0.2, 0.25) is 15.9 Å². The second kappa shape index (κ2) is 8.77. The number of hydrogen-bond acceptors (Lipinski definition) is 5. The SMILES string of the molecule is CCc1ccc(NC(=O)C2(c3ccc(O)c(O)c3)CC2)cc1-c1cccc(S(=O)(=O)N(C)C)c1. The second-order valence-corrected chi connectivity index (χ2v) is 10.9. The quantitative estimate of drug-likeness (QED) is 0.439. The third-order valence-electron chi connectivity index (χ3n) is 6.38. The van der Waals surface area contributed by atoms with Crippen LogP contribution in [-0.4, -0.2) is 42.9 Å². The summed E-state index contributed by atoms with van der Waals surface area (Å²) >= 11 is 0. The minimum atomic E-state index is -3.58. The summed E-state index contributed by atoms with van der Waals surface area (Å²) in [6.07, 6.45) is 2.03. The van der Waals surface area contributed by atoms with Crippen LogP contribution in [0.2, 0.25) is 0 Å². The number of benzene rings is 3. The van der Waals surface area contributed by atoms with Gasteiger partial charge in [0.15, 0.2) is 11.5 Å². The molecular formula is C26H28N2O5S. The predicted molar refractivity (Wildman–Crippen MR) is 131 cm³/mol. The number of carbonyl (C=O) groups excluding carboxylic acids is 1. The summed E-state index contributed by atoms with van der Waals surface area (Å²) in [6.45, 7) is 2.02. The highest BCUT2D eigenvalue weighted by molar-refractivity contribution is 7.89. The van der Waals surface area contributed by atoms with Gasteiger partial charge in [0, 0.05) is 19.8 Å². The molecule has 3 N–H and O–H groups in total. The largest absolute Gasteiger partial charge is 0.504 e. The summed E-state index contributed by atoms with van der Waals surface area (Å²) in [5, 5.41) is 22.5. The van der Waals surface area contributed by atoms with E-state index in [-0.39, 0.29) is 22.3 Å². The molecule has 0 heterocycles. The Kier molecular flexibility index (Phi) is 6.14. The Balaban J connectivity index is 1.66. The summed E-state index contributed by atoms with van der Waals surface area (Å²) in [7, 11) is -0.585. The van der Waals surface area contributed by atoms with Crippen molar-refractivity contribution in [3.63, 3.8) is 0 Å². The van der Waals surface area contributed by atoms with Crippen molar-refractivity contribution < 1.29 is 23.4 Å². The number of nitrogens with one attached hydrogen (secondary N) is 1. The lowest BCUT2D eigenvalue weighted by atomic mass is 9.93. The molecule has 7 nitrogen and oxygen atoms in total. The molecule has 3 aromatic carbocycles. The van der Waals surface area contributed by atoms with Gasteiger partial charge in [0.25, 0.3) is 0 Å². The average molecular weight is 481 g/mol. The van der Waals surface area contributed by atoms with E-state index >= 15 is 0 Å². The van der Waals surface area contributed by atoms with Gasteiger partial charge < -0.3 is 15.5 Å². The first-order valence-corrected chi connectivity index (χ1v) is 12.5. The lowest BCUT2D eigenvalue weighted by Crippen LogP contribution is -2.27. The zero-order chi connectivity index (χ0) is 24.7. The van der Waals surface area contributed by atoms with Gasteiger partial charge in [0.1, 0.15) is 0 Å². The van der Waals surface area contributed by atoms with Crippen molar-refractivity contribution in [2.45, 2.75) is 36.5 Å². The normalized spacial score (nSPS) is 14.7. The Morgan fingerprint density at radius 1 is 1.00 bits per heavy atom. The molecule has 0 saturated heterocycles. The molecule has 1 saturated carbocycles. The number of anilines is 1. The molecule has 178 valence electrons. The number of aromatic hydroxyl groups is 2. The molecular weight excluding hydrogens is 452 g/mol. The van der Waals surface area contributed by atoms with Crippen molar-refractivity contribution >= 4 is 21.6 Å². The lowest BCUT2D eigenvalue weighted by molar-refractivity contribution is -0.118. The predicted octanol–water partition coefficient (Wildman–Crippen LogP) is 4.25. The van der Waals surface area contributed by atoms with Gasteiger partial charge in [-0.05, 0) is 77.9 Å². The van der Waals surface area contributed by atoms with Crippen LogP contribution >= 0.6 is 0 Å². The molecule has 3 aromatic rings. The van der Waals surface area contributed by atoms with Crippen LogP contribution in [-0.2, 0) is 26.7 Å². The minimum Gasteiger partial charge on any atom is -0.504 e. The van der Waals surface area contributed by atoms with Gasteiger partial charge in [-0.3, -0.25) is 4.79 Å². The molecule has 34 heavy (non-hydrogen) atoms. The molecule has 0 aliphatic heterocycles. The maximum atomic E-state index is 13.2. The van der Waals surface area contributed by atoms with Crippen LogP contribution in [0.4, 0.5) is 5.69 Å². The number of aryl methyl sites for hydroxylation is 1. The average Bonchev–Trinajstić information content (AvgIpc) is 3.63. The molecule has 0 bridgehead atoms. The van der Waals surface area contributed by atoms with E-state index in [9.17, 15) is 23.4 Å². The van der Waals surface area contributed by atoms with Crippen molar-refractivity contribution in [3.05, 3.63) is 71.8 Å². The van der Waals surface area contributed by atoms with E-state index in [4.69, 9.17) is 0 Å². The molecule has 1 fully saturated rings. The molecule has 1 aliphatic carbocycles. The smallest absolute Gasteiger partial charge is 0.242 e. The molecule has 1 amide bonds. The molecule has 8 heteroatoms. The first kappa shape index (κ1) is 23.8. The minimum absolute atomic E-state index is 0.184. The first-order valence-electron chi connectivity index (χ1n) is 11.1. The molecule has 0 spiro atoms. The molecule has 0 radical (unpaired) electrons. The van der Waals surface area contributed by atoms with E-state index in [0.717, 1.165) is 23.1 Å². The van der Waals surface area contributed by atoms with E-state index in [1.165, 1.54) is 30.5 Å². The number of nitrogens with zero attached hydrogens (tertiary/aromatic N) is 1. The zero-order valence-electron chi connectivity index (χ0n) is 19.4. The Bertz CT molecular complexity index is 1360. The van der Waals surface area contributed by atoms with Gasteiger partial charge in [-0.15, -0.1) is 0 Å². The summed E-state index contributed by atoms with van der Waals surface area (Å²) in [4.78, 5) is 13.4. The highest BCUT2D eigenvalue weighted by atomic mass is 32.2.